The molecule has 0 bridgehead atoms. The lowest BCUT2D eigenvalue weighted by Gasteiger charge is -2.28. The molecule has 152 valence electrons. The van der Waals surface area contributed by atoms with Crippen molar-refractivity contribution in [3.63, 3.8) is 0 Å². The van der Waals surface area contributed by atoms with Crippen LogP contribution in [0.5, 0.6) is 0 Å². The smallest absolute Gasteiger partial charge is 0.337 e. The number of nitrogens with zero attached hydrogens (tertiary/aromatic N) is 2. The van der Waals surface area contributed by atoms with Crippen LogP contribution in [0.4, 0.5) is 4.79 Å². The maximum atomic E-state index is 13.1. The van der Waals surface area contributed by atoms with E-state index in [0.29, 0.717) is 23.9 Å². The van der Waals surface area contributed by atoms with Crippen LogP contribution < -0.4 is 16.7 Å². The minimum Gasteiger partial charge on any atom is -0.388 e. The first-order valence-electron chi connectivity index (χ1n) is 9.56. The summed E-state index contributed by atoms with van der Waals surface area (Å²) in [4.78, 5) is 37.9. The zero-order valence-electron chi connectivity index (χ0n) is 16.6. The van der Waals surface area contributed by atoms with Gasteiger partial charge in [-0.2, -0.15) is 0 Å². The van der Waals surface area contributed by atoms with Gasteiger partial charge in [-0.15, -0.1) is 0 Å². The van der Waals surface area contributed by atoms with Gasteiger partial charge in [0, 0.05) is 0 Å². The molecule has 1 aromatic heterocycles. The minimum absolute atomic E-state index is 0.130. The fourth-order valence-electron chi connectivity index (χ4n) is 3.95. The number of aromatic nitrogens is 2. The van der Waals surface area contributed by atoms with Gasteiger partial charge in [0.05, 0.1) is 23.2 Å². The predicted octanol–water partition coefficient (Wildman–Crippen LogP) is 1.57. The predicted molar refractivity (Wildman–Crippen MR) is 106 cm³/mol. The first kappa shape index (κ1) is 20.1. The monoisotopic (exact) mass is 388 g/mol. The number of nitrogens with one attached hydrogen (secondary N) is 1. The van der Waals surface area contributed by atoms with Crippen molar-refractivity contribution >= 4 is 23.0 Å². The number of carbonyl (C=O) groups is 2. The van der Waals surface area contributed by atoms with E-state index in [1.807, 2.05) is 0 Å². The Kier molecular flexibility index (Phi) is 5.10. The van der Waals surface area contributed by atoms with Crippen LogP contribution in [-0.4, -0.2) is 37.8 Å². The summed E-state index contributed by atoms with van der Waals surface area (Å²) in [5, 5.41) is 13.4. The summed E-state index contributed by atoms with van der Waals surface area (Å²) < 4.78 is 2.45. The molecule has 1 heterocycles. The molecule has 2 aromatic rings. The van der Waals surface area contributed by atoms with Gasteiger partial charge in [-0.05, 0) is 30.4 Å². The molecule has 28 heavy (non-hydrogen) atoms. The summed E-state index contributed by atoms with van der Waals surface area (Å²) in [6.07, 6.45) is 3.07. The number of imidazole rings is 1. The molecule has 1 saturated carbocycles. The van der Waals surface area contributed by atoms with Gasteiger partial charge in [-0.1, -0.05) is 45.7 Å². The maximum absolute atomic E-state index is 13.1. The highest BCUT2D eigenvalue weighted by Gasteiger charge is 2.35. The largest absolute Gasteiger partial charge is 0.388 e. The lowest BCUT2D eigenvalue weighted by Crippen LogP contribution is -2.54. The third kappa shape index (κ3) is 3.69. The highest BCUT2D eigenvalue weighted by atomic mass is 16.3. The molecule has 8 nitrogen and oxygen atoms in total. The Morgan fingerprint density at radius 3 is 2.32 bits per heavy atom. The van der Waals surface area contributed by atoms with Crippen LogP contribution in [0.25, 0.3) is 11.0 Å². The molecule has 1 aromatic carbocycles. The fourth-order valence-corrected chi connectivity index (χ4v) is 3.95. The van der Waals surface area contributed by atoms with Gasteiger partial charge in [0.25, 0.3) is 0 Å². The average molecular weight is 388 g/mol. The van der Waals surface area contributed by atoms with Gasteiger partial charge in [0.15, 0.2) is 0 Å². The summed E-state index contributed by atoms with van der Waals surface area (Å²) >= 11 is 0. The zero-order chi connectivity index (χ0) is 20.7. The molecule has 1 aliphatic carbocycles. The average Bonchev–Trinajstić information content (AvgIpc) is 3.14. The van der Waals surface area contributed by atoms with Crippen LogP contribution in [0, 0.1) is 5.41 Å². The molecule has 1 aliphatic rings. The van der Waals surface area contributed by atoms with Gasteiger partial charge in [-0.3, -0.25) is 9.36 Å². The van der Waals surface area contributed by atoms with Crippen molar-refractivity contribution in [1.29, 1.82) is 0 Å². The third-order valence-electron chi connectivity index (χ3n) is 5.44. The van der Waals surface area contributed by atoms with Crippen LogP contribution in [0.15, 0.2) is 29.1 Å². The van der Waals surface area contributed by atoms with E-state index in [4.69, 9.17) is 5.73 Å². The number of rotatable bonds is 4. The number of primary amides is 1. The van der Waals surface area contributed by atoms with E-state index in [-0.39, 0.29) is 6.54 Å². The summed E-state index contributed by atoms with van der Waals surface area (Å²) in [6.45, 7) is 5.48. The minimum atomic E-state index is -0.948. The Labute approximate surface area is 163 Å². The van der Waals surface area contributed by atoms with Gasteiger partial charge in [-0.25, -0.2) is 14.2 Å². The van der Waals surface area contributed by atoms with Crippen molar-refractivity contribution in [3.8, 4) is 0 Å². The Morgan fingerprint density at radius 2 is 1.79 bits per heavy atom. The number of hydrogen-bond donors (Lipinski definition) is 3. The van der Waals surface area contributed by atoms with Crippen LogP contribution in [0.3, 0.4) is 0 Å². The summed E-state index contributed by atoms with van der Waals surface area (Å²) in [6, 6.07) is 5.27. The van der Waals surface area contributed by atoms with Crippen molar-refractivity contribution in [3.05, 3.63) is 34.7 Å². The number of benzene rings is 1. The molecular formula is C20H28N4O4. The molecule has 1 fully saturated rings. The van der Waals surface area contributed by atoms with Crippen molar-refractivity contribution in [1.82, 2.24) is 14.5 Å². The molecule has 1 atom stereocenters. The van der Waals surface area contributed by atoms with Crippen LogP contribution >= 0.6 is 0 Å². The van der Waals surface area contributed by atoms with Gasteiger partial charge in [0.1, 0.15) is 6.04 Å². The van der Waals surface area contributed by atoms with E-state index in [1.165, 1.54) is 4.57 Å². The summed E-state index contributed by atoms with van der Waals surface area (Å²) in [5.41, 5.74) is 4.33. The topological polar surface area (TPSA) is 119 Å². The molecule has 2 amide bonds. The molecule has 0 radical (unpaired) electrons. The molecule has 0 saturated heterocycles. The van der Waals surface area contributed by atoms with Crippen molar-refractivity contribution in [2.24, 2.45) is 11.1 Å². The summed E-state index contributed by atoms with van der Waals surface area (Å²) in [5.74, 6) is -0.669. The fraction of sp³-hybridized carbons (Fsp3) is 0.550. The van der Waals surface area contributed by atoms with Gasteiger partial charge in [0.2, 0.25) is 5.91 Å². The number of amides is 2. The number of hydrogen-bond acceptors (Lipinski definition) is 4. The van der Waals surface area contributed by atoms with E-state index in [1.54, 1.807) is 45.0 Å². The maximum Gasteiger partial charge on any atom is 0.337 e. The van der Waals surface area contributed by atoms with Crippen molar-refractivity contribution in [2.45, 2.75) is 64.6 Å². The number of carbonyl (C=O) groups excluding carboxylic acids is 2. The number of fused-ring (bicyclic) bond motifs is 1. The second kappa shape index (κ2) is 7.09. The molecular weight excluding hydrogens is 360 g/mol. The highest BCUT2D eigenvalue weighted by molar-refractivity contribution is 5.92. The first-order valence-corrected chi connectivity index (χ1v) is 9.56. The Bertz CT molecular complexity index is 961. The second-order valence-corrected chi connectivity index (χ2v) is 8.78. The molecule has 0 unspecified atom stereocenters. The lowest BCUT2D eigenvalue weighted by molar-refractivity contribution is -0.122. The van der Waals surface area contributed by atoms with Crippen LogP contribution in [-0.2, 0) is 11.3 Å². The standard InChI is InChI=1S/C20H28N4O4/c1-19(2,3)15(16(21)25)22-17(26)24-14-9-5-4-8-13(14)23(18(24)27)12-20(28)10-6-7-11-20/h4-5,8-9,15,28H,6-7,10-12H2,1-3H3,(H2,21,25)(H,22,26)/t15-/m1/s1. The highest BCUT2D eigenvalue weighted by Crippen LogP contribution is 2.31. The van der Waals surface area contributed by atoms with Crippen molar-refractivity contribution in [2.75, 3.05) is 0 Å². The Morgan fingerprint density at radius 1 is 1.21 bits per heavy atom. The van der Waals surface area contributed by atoms with Crippen molar-refractivity contribution < 1.29 is 14.7 Å². The van der Waals surface area contributed by atoms with E-state index >= 15 is 0 Å². The number of nitrogens with two attached hydrogens (primary N) is 1. The van der Waals surface area contributed by atoms with E-state index in [9.17, 15) is 19.5 Å². The second-order valence-electron chi connectivity index (χ2n) is 8.78. The van der Waals surface area contributed by atoms with Gasteiger partial charge < -0.3 is 16.2 Å². The first-order chi connectivity index (χ1) is 13.0. The third-order valence-corrected chi connectivity index (χ3v) is 5.44. The molecule has 0 spiro atoms. The van der Waals surface area contributed by atoms with Crippen LogP contribution in [0.2, 0.25) is 0 Å². The van der Waals surface area contributed by atoms with E-state index in [0.717, 1.165) is 17.4 Å². The Balaban J connectivity index is 2.04. The SMILES string of the molecule is CC(C)(C)[C@H](NC(=O)n1c(=O)n(CC2(O)CCCC2)c2ccccc21)C(N)=O. The quantitative estimate of drug-likeness (QED) is 0.736. The van der Waals surface area contributed by atoms with Gasteiger partial charge >= 0.3 is 11.7 Å². The summed E-state index contributed by atoms with van der Waals surface area (Å²) in [7, 11) is 0. The molecule has 3 rings (SSSR count). The lowest BCUT2D eigenvalue weighted by atomic mass is 9.86. The van der Waals surface area contributed by atoms with E-state index in [2.05, 4.69) is 5.32 Å². The van der Waals surface area contributed by atoms with Crippen LogP contribution in [0.1, 0.15) is 46.5 Å². The molecule has 8 heteroatoms. The molecule has 0 aliphatic heterocycles. The Hall–Kier alpha value is -2.61. The number of aliphatic hydroxyl groups is 1. The molecule has 4 N–H and O–H groups in total. The zero-order valence-corrected chi connectivity index (χ0v) is 16.6. The number of para-hydroxylation sites is 2. The van der Waals surface area contributed by atoms with E-state index < -0.39 is 34.7 Å². The normalized spacial score (nSPS) is 17.6.